The first kappa shape index (κ1) is 15.1. The molecule has 118 valence electrons. The number of halogens is 1. The van der Waals surface area contributed by atoms with Gasteiger partial charge in [-0.2, -0.15) is 0 Å². The SMILES string of the molecule is Cc1c(Cl)ccc2c(C(=O)O)cc(-c3cc4ccccc4s3)nc12. The first-order chi connectivity index (χ1) is 11.5. The lowest BCUT2D eigenvalue weighted by molar-refractivity contribution is 0.0699. The van der Waals surface area contributed by atoms with Crippen LogP contribution >= 0.6 is 22.9 Å². The average Bonchev–Trinajstić information content (AvgIpc) is 3.01. The summed E-state index contributed by atoms with van der Waals surface area (Å²) in [7, 11) is 0. The van der Waals surface area contributed by atoms with Gasteiger partial charge in [0, 0.05) is 15.1 Å². The van der Waals surface area contributed by atoms with Gasteiger partial charge in [-0.1, -0.05) is 35.9 Å². The van der Waals surface area contributed by atoms with Crippen molar-refractivity contribution < 1.29 is 9.90 Å². The molecule has 0 unspecified atom stereocenters. The van der Waals surface area contributed by atoms with Crippen LogP contribution < -0.4 is 0 Å². The number of carbonyl (C=O) groups is 1. The molecule has 4 aromatic rings. The number of carboxylic acid groups (broad SMARTS) is 1. The van der Waals surface area contributed by atoms with Crippen molar-refractivity contribution in [1.29, 1.82) is 0 Å². The van der Waals surface area contributed by atoms with Crippen LogP contribution in [0.4, 0.5) is 0 Å². The molecule has 0 atom stereocenters. The number of rotatable bonds is 2. The van der Waals surface area contributed by atoms with E-state index in [4.69, 9.17) is 16.6 Å². The standard InChI is InChI=1S/C19H12ClNO2S/c1-10-14(20)7-6-12-13(19(22)23)9-15(21-18(10)12)17-8-11-4-2-3-5-16(11)24-17/h2-9H,1H3,(H,22,23). The number of aromatic carboxylic acids is 1. The third kappa shape index (κ3) is 2.35. The molecule has 0 spiro atoms. The molecular weight excluding hydrogens is 342 g/mol. The Kier molecular flexibility index (Phi) is 3.52. The molecule has 2 heterocycles. The van der Waals surface area contributed by atoms with Gasteiger partial charge in [0.05, 0.1) is 21.7 Å². The van der Waals surface area contributed by atoms with Crippen molar-refractivity contribution in [2.45, 2.75) is 6.92 Å². The summed E-state index contributed by atoms with van der Waals surface area (Å²) in [6.45, 7) is 1.86. The number of fused-ring (bicyclic) bond motifs is 2. The van der Waals surface area contributed by atoms with Crippen molar-refractivity contribution in [3.8, 4) is 10.6 Å². The predicted octanol–water partition coefficient (Wildman–Crippen LogP) is 5.78. The number of carboxylic acids is 1. The van der Waals surface area contributed by atoms with Crippen LogP contribution in [0.1, 0.15) is 15.9 Å². The zero-order valence-corrected chi connectivity index (χ0v) is 14.3. The number of aromatic nitrogens is 1. The van der Waals surface area contributed by atoms with Crippen molar-refractivity contribution in [3.05, 3.63) is 64.7 Å². The molecule has 2 aromatic heterocycles. The minimum atomic E-state index is -0.966. The van der Waals surface area contributed by atoms with Crippen LogP contribution in [0.15, 0.2) is 48.5 Å². The highest BCUT2D eigenvalue weighted by Crippen LogP contribution is 2.35. The maximum Gasteiger partial charge on any atom is 0.336 e. The Balaban J connectivity index is 2.05. The van der Waals surface area contributed by atoms with E-state index < -0.39 is 5.97 Å². The molecule has 0 fully saturated rings. The summed E-state index contributed by atoms with van der Waals surface area (Å²) < 4.78 is 1.15. The van der Waals surface area contributed by atoms with Crippen LogP contribution in [-0.2, 0) is 0 Å². The predicted molar refractivity (Wildman–Crippen MR) is 99.3 cm³/mol. The van der Waals surface area contributed by atoms with Crippen molar-refractivity contribution in [1.82, 2.24) is 4.98 Å². The largest absolute Gasteiger partial charge is 0.478 e. The van der Waals surface area contributed by atoms with Crippen LogP contribution in [0.2, 0.25) is 5.02 Å². The van der Waals surface area contributed by atoms with E-state index >= 15 is 0 Å². The summed E-state index contributed by atoms with van der Waals surface area (Å²) in [4.78, 5) is 17.4. The van der Waals surface area contributed by atoms with Crippen LogP contribution in [0, 0.1) is 6.92 Å². The molecule has 3 nitrogen and oxygen atoms in total. The zero-order chi connectivity index (χ0) is 16.8. The summed E-state index contributed by atoms with van der Waals surface area (Å²) in [5, 5.41) is 11.9. The Morgan fingerprint density at radius 1 is 1.17 bits per heavy atom. The van der Waals surface area contributed by atoms with Gasteiger partial charge in [-0.3, -0.25) is 0 Å². The third-order valence-electron chi connectivity index (χ3n) is 4.08. The van der Waals surface area contributed by atoms with Crippen LogP contribution in [0.5, 0.6) is 0 Å². The van der Waals surface area contributed by atoms with Gasteiger partial charge in [-0.25, -0.2) is 9.78 Å². The molecule has 0 radical (unpaired) electrons. The lowest BCUT2D eigenvalue weighted by Gasteiger charge is -2.09. The van der Waals surface area contributed by atoms with Crippen molar-refractivity contribution in [2.24, 2.45) is 0 Å². The highest BCUT2D eigenvalue weighted by atomic mass is 35.5. The van der Waals surface area contributed by atoms with E-state index in [0.717, 1.165) is 20.5 Å². The lowest BCUT2D eigenvalue weighted by atomic mass is 10.0. The van der Waals surface area contributed by atoms with Gasteiger partial charge in [0.15, 0.2) is 0 Å². The van der Waals surface area contributed by atoms with Crippen molar-refractivity contribution in [2.75, 3.05) is 0 Å². The van der Waals surface area contributed by atoms with E-state index in [1.807, 2.05) is 37.3 Å². The minimum Gasteiger partial charge on any atom is -0.478 e. The highest BCUT2D eigenvalue weighted by molar-refractivity contribution is 7.22. The second-order valence-electron chi connectivity index (χ2n) is 5.58. The van der Waals surface area contributed by atoms with E-state index in [1.54, 1.807) is 29.5 Å². The summed E-state index contributed by atoms with van der Waals surface area (Å²) in [6.07, 6.45) is 0. The van der Waals surface area contributed by atoms with E-state index in [2.05, 4.69) is 0 Å². The van der Waals surface area contributed by atoms with Crippen LogP contribution in [0.3, 0.4) is 0 Å². The number of benzene rings is 2. The van der Waals surface area contributed by atoms with Gasteiger partial charge in [0.2, 0.25) is 0 Å². The number of thiophene rings is 1. The van der Waals surface area contributed by atoms with Crippen LogP contribution in [-0.4, -0.2) is 16.1 Å². The van der Waals surface area contributed by atoms with Gasteiger partial charge in [0.25, 0.3) is 0 Å². The molecule has 0 bridgehead atoms. The van der Waals surface area contributed by atoms with Crippen molar-refractivity contribution in [3.63, 3.8) is 0 Å². The van der Waals surface area contributed by atoms with Gasteiger partial charge < -0.3 is 5.11 Å². The normalized spacial score (nSPS) is 11.2. The van der Waals surface area contributed by atoms with E-state index in [-0.39, 0.29) is 5.56 Å². The van der Waals surface area contributed by atoms with Crippen molar-refractivity contribution >= 4 is 49.9 Å². The molecule has 0 saturated carbocycles. The van der Waals surface area contributed by atoms with Gasteiger partial charge in [-0.15, -0.1) is 11.3 Å². The molecule has 0 amide bonds. The Morgan fingerprint density at radius 3 is 2.71 bits per heavy atom. The molecule has 0 aliphatic carbocycles. The summed E-state index contributed by atoms with van der Waals surface area (Å²) >= 11 is 7.80. The van der Waals surface area contributed by atoms with Gasteiger partial charge >= 0.3 is 5.97 Å². The molecule has 0 aliphatic rings. The van der Waals surface area contributed by atoms with E-state index in [1.165, 1.54) is 0 Å². The fourth-order valence-electron chi connectivity index (χ4n) is 2.82. The fourth-order valence-corrected chi connectivity index (χ4v) is 3.99. The Bertz CT molecular complexity index is 1080. The van der Waals surface area contributed by atoms with Gasteiger partial charge in [0.1, 0.15) is 0 Å². The third-order valence-corrected chi connectivity index (χ3v) is 5.62. The Morgan fingerprint density at radius 2 is 1.96 bits per heavy atom. The quantitative estimate of drug-likeness (QED) is 0.497. The summed E-state index contributed by atoms with van der Waals surface area (Å²) in [6, 6.07) is 15.2. The van der Waals surface area contributed by atoms with Gasteiger partial charge in [-0.05, 0) is 42.1 Å². The Hall–Kier alpha value is -2.43. The molecule has 0 aliphatic heterocycles. The lowest BCUT2D eigenvalue weighted by Crippen LogP contribution is -2.01. The highest BCUT2D eigenvalue weighted by Gasteiger charge is 2.16. The topological polar surface area (TPSA) is 50.2 Å². The molecular formula is C19H12ClNO2S. The van der Waals surface area contributed by atoms with E-state index in [9.17, 15) is 9.90 Å². The maximum atomic E-state index is 11.7. The smallest absolute Gasteiger partial charge is 0.336 e. The van der Waals surface area contributed by atoms with Crippen LogP contribution in [0.25, 0.3) is 31.6 Å². The first-order valence-corrected chi connectivity index (χ1v) is 8.56. The monoisotopic (exact) mass is 353 g/mol. The molecule has 24 heavy (non-hydrogen) atoms. The number of nitrogens with zero attached hydrogens (tertiary/aromatic N) is 1. The number of hydrogen-bond acceptors (Lipinski definition) is 3. The number of aryl methyl sites for hydroxylation is 1. The second kappa shape index (κ2) is 5.58. The maximum absolute atomic E-state index is 11.7. The Labute approximate surface area is 147 Å². The van der Waals surface area contributed by atoms with E-state index in [0.29, 0.717) is 21.6 Å². The fraction of sp³-hybridized carbons (Fsp3) is 0.0526. The average molecular weight is 354 g/mol. The molecule has 0 saturated heterocycles. The molecule has 5 heteroatoms. The molecule has 4 rings (SSSR count). The molecule has 1 N–H and O–H groups in total. The first-order valence-electron chi connectivity index (χ1n) is 7.36. The summed E-state index contributed by atoms with van der Waals surface area (Å²) in [5.74, 6) is -0.966. The zero-order valence-electron chi connectivity index (χ0n) is 12.7. The second-order valence-corrected chi connectivity index (χ2v) is 7.07. The number of pyridine rings is 1. The summed E-state index contributed by atoms with van der Waals surface area (Å²) in [5.41, 5.74) is 2.33. The minimum absolute atomic E-state index is 0.243. The number of hydrogen-bond donors (Lipinski definition) is 1. The molecule has 2 aromatic carbocycles.